The van der Waals surface area contributed by atoms with E-state index in [-0.39, 0.29) is 5.88 Å². The third kappa shape index (κ3) is 1.62. The van der Waals surface area contributed by atoms with Crippen LogP contribution in [0.3, 0.4) is 0 Å². The number of carbonyl (C=O) groups excluding carboxylic acids is 1. The highest BCUT2D eigenvalue weighted by molar-refractivity contribution is 6.20. The fourth-order valence-electron chi connectivity index (χ4n) is 1.73. The molecule has 1 atom stereocenters. The Labute approximate surface area is 88.3 Å². The summed E-state index contributed by atoms with van der Waals surface area (Å²) in [5.41, 5.74) is -0.450. The zero-order chi connectivity index (χ0) is 10.6. The molecule has 76 valence electrons. The number of ether oxygens (including phenoxy) is 1. The normalized spacial score (nSPS) is 26.2. The predicted octanol–water partition coefficient (Wildman–Crippen LogP) is 2.02. The van der Waals surface area contributed by atoms with Crippen molar-refractivity contribution < 1.29 is 9.53 Å². The molecule has 1 rings (SSSR count). The van der Waals surface area contributed by atoms with Crippen molar-refractivity contribution in [3.05, 3.63) is 11.6 Å². The molecule has 0 bridgehead atoms. The number of methoxy groups -OCH3 is 1. The van der Waals surface area contributed by atoms with Gasteiger partial charge in [-0.15, -0.1) is 11.6 Å². The second-order valence-electron chi connectivity index (χ2n) is 3.26. The van der Waals surface area contributed by atoms with Crippen LogP contribution in [0.4, 0.5) is 0 Å². The molecular formula is C10H12ClNO2. The summed E-state index contributed by atoms with van der Waals surface area (Å²) in [7, 11) is 1.29. The number of esters is 1. The van der Waals surface area contributed by atoms with Crippen LogP contribution in [0.1, 0.15) is 19.3 Å². The largest absolute Gasteiger partial charge is 0.468 e. The monoisotopic (exact) mass is 213 g/mol. The first-order valence-electron chi connectivity index (χ1n) is 4.46. The van der Waals surface area contributed by atoms with Crippen molar-refractivity contribution in [2.75, 3.05) is 13.0 Å². The molecule has 1 aliphatic rings. The van der Waals surface area contributed by atoms with E-state index in [0.717, 1.165) is 12.8 Å². The zero-order valence-electron chi connectivity index (χ0n) is 8.05. The Morgan fingerprint density at radius 3 is 3.07 bits per heavy atom. The van der Waals surface area contributed by atoms with E-state index in [9.17, 15) is 4.79 Å². The van der Waals surface area contributed by atoms with Gasteiger partial charge in [-0.2, -0.15) is 5.26 Å². The zero-order valence-corrected chi connectivity index (χ0v) is 8.80. The molecule has 0 aromatic carbocycles. The minimum atomic E-state index is -1.13. The van der Waals surface area contributed by atoms with Crippen LogP contribution in [0.15, 0.2) is 11.6 Å². The van der Waals surface area contributed by atoms with E-state index < -0.39 is 11.4 Å². The number of alkyl halides is 1. The van der Waals surface area contributed by atoms with E-state index in [1.165, 1.54) is 7.11 Å². The predicted molar refractivity (Wildman–Crippen MR) is 52.7 cm³/mol. The number of rotatable bonds is 2. The summed E-state index contributed by atoms with van der Waals surface area (Å²) in [6.07, 6.45) is 4.08. The van der Waals surface area contributed by atoms with Crippen LogP contribution in [0.2, 0.25) is 0 Å². The molecule has 0 N–H and O–H groups in total. The lowest BCUT2D eigenvalue weighted by Gasteiger charge is -2.28. The van der Waals surface area contributed by atoms with Gasteiger partial charge in [0.1, 0.15) is 0 Å². The fourth-order valence-corrected chi connectivity index (χ4v) is 2.06. The maximum atomic E-state index is 11.5. The Bertz CT molecular complexity index is 306. The van der Waals surface area contributed by atoms with Crippen LogP contribution in [-0.4, -0.2) is 19.0 Å². The summed E-state index contributed by atoms with van der Waals surface area (Å²) in [5.74, 6) is -0.283. The van der Waals surface area contributed by atoms with Gasteiger partial charge in [-0.3, -0.25) is 0 Å². The summed E-state index contributed by atoms with van der Waals surface area (Å²) >= 11 is 5.72. The maximum absolute atomic E-state index is 11.5. The highest BCUT2D eigenvalue weighted by Crippen LogP contribution is 2.38. The minimum Gasteiger partial charge on any atom is -0.468 e. The van der Waals surface area contributed by atoms with Gasteiger partial charge in [-0.05, 0) is 24.8 Å². The molecule has 0 radical (unpaired) electrons. The molecule has 0 spiro atoms. The van der Waals surface area contributed by atoms with E-state index >= 15 is 0 Å². The van der Waals surface area contributed by atoms with Gasteiger partial charge in [0.2, 0.25) is 0 Å². The quantitative estimate of drug-likeness (QED) is 0.401. The van der Waals surface area contributed by atoms with E-state index in [0.29, 0.717) is 12.0 Å². The van der Waals surface area contributed by atoms with Crippen molar-refractivity contribution in [3.63, 3.8) is 0 Å². The highest BCUT2D eigenvalue weighted by atomic mass is 35.5. The molecular weight excluding hydrogens is 202 g/mol. The van der Waals surface area contributed by atoms with E-state index in [2.05, 4.69) is 4.74 Å². The Kier molecular flexibility index (Phi) is 3.54. The van der Waals surface area contributed by atoms with Gasteiger partial charge >= 0.3 is 5.97 Å². The van der Waals surface area contributed by atoms with Crippen LogP contribution in [0.25, 0.3) is 0 Å². The number of nitrogens with zero attached hydrogens (tertiary/aromatic N) is 1. The maximum Gasteiger partial charge on any atom is 0.330 e. The molecule has 0 aliphatic heterocycles. The van der Waals surface area contributed by atoms with Gasteiger partial charge in [0.25, 0.3) is 0 Å². The van der Waals surface area contributed by atoms with E-state index in [1.807, 2.05) is 12.1 Å². The molecule has 0 aromatic heterocycles. The second-order valence-corrected chi connectivity index (χ2v) is 3.53. The summed E-state index contributed by atoms with van der Waals surface area (Å²) in [6.45, 7) is 0. The standard InChI is InChI=1S/C10H12ClNO2/c1-14-9(13)10(7-12)5-3-2-4-8(10)6-11/h4H,2-3,5-6H2,1H3. The average Bonchev–Trinajstić information content (AvgIpc) is 2.27. The molecule has 0 saturated heterocycles. The van der Waals surface area contributed by atoms with Gasteiger partial charge < -0.3 is 4.74 Å². The average molecular weight is 214 g/mol. The summed E-state index contributed by atoms with van der Waals surface area (Å²) in [5, 5.41) is 9.09. The van der Waals surface area contributed by atoms with Crippen LogP contribution in [0, 0.1) is 16.7 Å². The molecule has 0 fully saturated rings. The van der Waals surface area contributed by atoms with Crippen molar-refractivity contribution in [1.29, 1.82) is 5.26 Å². The number of carbonyl (C=O) groups is 1. The third-order valence-electron chi connectivity index (χ3n) is 2.56. The van der Waals surface area contributed by atoms with Crippen molar-refractivity contribution in [3.8, 4) is 6.07 Å². The number of hydrogen-bond acceptors (Lipinski definition) is 3. The third-order valence-corrected chi connectivity index (χ3v) is 2.85. The molecule has 4 heteroatoms. The highest BCUT2D eigenvalue weighted by Gasteiger charge is 2.44. The molecule has 14 heavy (non-hydrogen) atoms. The lowest BCUT2D eigenvalue weighted by molar-refractivity contribution is -0.148. The first-order valence-corrected chi connectivity index (χ1v) is 5.00. The topological polar surface area (TPSA) is 50.1 Å². The summed E-state index contributed by atoms with van der Waals surface area (Å²) in [4.78, 5) is 11.5. The van der Waals surface area contributed by atoms with Crippen LogP contribution in [0.5, 0.6) is 0 Å². The first kappa shape index (κ1) is 11.1. The van der Waals surface area contributed by atoms with E-state index in [1.54, 1.807) is 0 Å². The second kappa shape index (κ2) is 4.47. The van der Waals surface area contributed by atoms with Gasteiger partial charge in [-0.25, -0.2) is 4.79 Å². The van der Waals surface area contributed by atoms with Crippen molar-refractivity contribution in [2.24, 2.45) is 5.41 Å². The van der Waals surface area contributed by atoms with Gasteiger partial charge in [0.15, 0.2) is 5.41 Å². The van der Waals surface area contributed by atoms with Crippen molar-refractivity contribution in [2.45, 2.75) is 19.3 Å². The Morgan fingerprint density at radius 2 is 2.57 bits per heavy atom. The number of allylic oxidation sites excluding steroid dienone is 1. The smallest absolute Gasteiger partial charge is 0.330 e. The molecule has 0 aromatic rings. The molecule has 1 unspecified atom stereocenters. The van der Waals surface area contributed by atoms with Gasteiger partial charge in [-0.1, -0.05) is 6.08 Å². The Morgan fingerprint density at radius 1 is 1.86 bits per heavy atom. The van der Waals surface area contributed by atoms with E-state index in [4.69, 9.17) is 16.9 Å². The van der Waals surface area contributed by atoms with Crippen molar-refractivity contribution in [1.82, 2.24) is 0 Å². The molecule has 0 heterocycles. The lowest BCUT2D eigenvalue weighted by atomic mass is 9.74. The molecule has 0 saturated carbocycles. The minimum absolute atomic E-state index is 0.211. The number of halogens is 1. The first-order chi connectivity index (χ1) is 6.71. The Hall–Kier alpha value is -1.01. The Balaban J connectivity index is 3.09. The van der Waals surface area contributed by atoms with Gasteiger partial charge in [0, 0.05) is 5.88 Å². The molecule has 1 aliphatic carbocycles. The fraction of sp³-hybridized carbons (Fsp3) is 0.600. The summed E-state index contributed by atoms with van der Waals surface area (Å²) in [6, 6.07) is 2.04. The summed E-state index contributed by atoms with van der Waals surface area (Å²) < 4.78 is 4.66. The van der Waals surface area contributed by atoms with Crippen LogP contribution in [-0.2, 0) is 9.53 Å². The van der Waals surface area contributed by atoms with Crippen LogP contribution >= 0.6 is 11.6 Å². The molecule has 3 nitrogen and oxygen atoms in total. The number of hydrogen-bond donors (Lipinski definition) is 0. The van der Waals surface area contributed by atoms with Gasteiger partial charge in [0.05, 0.1) is 13.2 Å². The molecule has 0 amide bonds. The lowest BCUT2D eigenvalue weighted by Crippen LogP contribution is -2.35. The van der Waals surface area contributed by atoms with Crippen LogP contribution < -0.4 is 0 Å². The van der Waals surface area contributed by atoms with Crippen molar-refractivity contribution >= 4 is 17.6 Å². The number of nitriles is 1. The SMILES string of the molecule is COC(=O)C1(C#N)CCCC=C1CCl.